The fraction of sp³-hybridized carbons (Fsp3) is 0.529. The van der Waals surface area contributed by atoms with Crippen molar-refractivity contribution in [3.63, 3.8) is 0 Å². The number of carbonyl (C=O) groups is 1. The van der Waals surface area contributed by atoms with Crippen LogP contribution >= 0.6 is 17.0 Å². The SMILES string of the molecule is Br.CC(=O)N1CCC(CN=C(N)NCCc2ccccc2)CC1. The van der Waals surface area contributed by atoms with Crippen LogP contribution in [0, 0.1) is 5.92 Å². The number of likely N-dealkylation sites (tertiary alicyclic amines) is 1. The molecule has 3 N–H and O–H groups in total. The van der Waals surface area contributed by atoms with Crippen molar-refractivity contribution in [1.82, 2.24) is 10.2 Å². The first-order valence-corrected chi connectivity index (χ1v) is 7.98. The van der Waals surface area contributed by atoms with E-state index in [4.69, 9.17) is 5.73 Å². The van der Waals surface area contributed by atoms with E-state index in [1.165, 1.54) is 5.56 Å². The highest BCUT2D eigenvalue weighted by Crippen LogP contribution is 2.17. The molecule has 0 atom stereocenters. The summed E-state index contributed by atoms with van der Waals surface area (Å²) in [6.45, 7) is 4.86. The molecule has 1 heterocycles. The first kappa shape index (κ1) is 19.5. The zero-order chi connectivity index (χ0) is 15.8. The number of benzene rings is 1. The standard InChI is InChI=1S/C17H26N4O.BrH/c1-14(22)21-11-8-16(9-12-21)13-20-17(18)19-10-7-15-5-3-2-4-6-15;/h2-6,16H,7-13H2,1H3,(H3,18,19,20);1H. The summed E-state index contributed by atoms with van der Waals surface area (Å²) in [6, 6.07) is 10.3. The van der Waals surface area contributed by atoms with Gasteiger partial charge < -0.3 is 16.0 Å². The molecule has 6 heteroatoms. The smallest absolute Gasteiger partial charge is 0.219 e. The number of hydrogen-bond acceptors (Lipinski definition) is 2. The molecule has 0 saturated carbocycles. The van der Waals surface area contributed by atoms with E-state index in [0.29, 0.717) is 11.9 Å². The summed E-state index contributed by atoms with van der Waals surface area (Å²) in [5.41, 5.74) is 7.20. The Morgan fingerprint density at radius 3 is 2.57 bits per heavy atom. The second-order valence-corrected chi connectivity index (χ2v) is 5.84. The molecule has 1 aliphatic heterocycles. The largest absolute Gasteiger partial charge is 0.370 e. The second-order valence-electron chi connectivity index (χ2n) is 5.84. The zero-order valence-corrected chi connectivity index (χ0v) is 15.4. The number of nitrogens with one attached hydrogen (secondary N) is 1. The number of piperidine rings is 1. The molecule has 1 aromatic rings. The fourth-order valence-electron chi connectivity index (χ4n) is 2.69. The van der Waals surface area contributed by atoms with Crippen molar-refractivity contribution in [2.75, 3.05) is 26.2 Å². The molecule has 1 fully saturated rings. The summed E-state index contributed by atoms with van der Waals surface area (Å²) in [7, 11) is 0. The maximum atomic E-state index is 11.3. The van der Waals surface area contributed by atoms with Crippen molar-refractivity contribution in [2.45, 2.75) is 26.2 Å². The first-order valence-electron chi connectivity index (χ1n) is 7.98. The molecule has 0 aromatic heterocycles. The number of carbonyl (C=O) groups excluding carboxylic acids is 1. The number of aliphatic imine (C=N–C) groups is 1. The van der Waals surface area contributed by atoms with Gasteiger partial charge in [-0.05, 0) is 30.7 Å². The molecule has 1 amide bonds. The van der Waals surface area contributed by atoms with Crippen LogP contribution in [0.15, 0.2) is 35.3 Å². The summed E-state index contributed by atoms with van der Waals surface area (Å²) < 4.78 is 0. The van der Waals surface area contributed by atoms with Gasteiger partial charge in [0.15, 0.2) is 5.96 Å². The minimum absolute atomic E-state index is 0. The summed E-state index contributed by atoms with van der Waals surface area (Å²) >= 11 is 0. The molecule has 0 radical (unpaired) electrons. The molecule has 5 nitrogen and oxygen atoms in total. The molecule has 1 saturated heterocycles. The average molecular weight is 383 g/mol. The molecule has 0 bridgehead atoms. The number of halogens is 1. The molecule has 0 aliphatic carbocycles. The highest BCUT2D eigenvalue weighted by molar-refractivity contribution is 8.93. The Hall–Kier alpha value is -1.56. The molecule has 23 heavy (non-hydrogen) atoms. The summed E-state index contributed by atoms with van der Waals surface area (Å²) in [4.78, 5) is 17.6. The van der Waals surface area contributed by atoms with E-state index in [1.807, 2.05) is 23.1 Å². The quantitative estimate of drug-likeness (QED) is 0.603. The lowest BCUT2D eigenvalue weighted by Crippen LogP contribution is -2.38. The van der Waals surface area contributed by atoms with Crippen LogP contribution in [0.1, 0.15) is 25.3 Å². The summed E-state index contributed by atoms with van der Waals surface area (Å²) in [5.74, 6) is 1.22. The van der Waals surface area contributed by atoms with Crippen LogP contribution in [0.4, 0.5) is 0 Å². The monoisotopic (exact) mass is 382 g/mol. The van der Waals surface area contributed by atoms with Crippen LogP contribution in [0.3, 0.4) is 0 Å². The lowest BCUT2D eigenvalue weighted by Gasteiger charge is -2.30. The third-order valence-electron chi connectivity index (χ3n) is 4.14. The highest BCUT2D eigenvalue weighted by Gasteiger charge is 2.20. The van der Waals surface area contributed by atoms with Gasteiger partial charge in [0.2, 0.25) is 5.91 Å². The highest BCUT2D eigenvalue weighted by atomic mass is 79.9. The van der Waals surface area contributed by atoms with E-state index in [0.717, 1.165) is 45.4 Å². The van der Waals surface area contributed by atoms with E-state index in [2.05, 4.69) is 22.4 Å². The van der Waals surface area contributed by atoms with Gasteiger partial charge in [-0.3, -0.25) is 9.79 Å². The molecule has 2 rings (SSSR count). The topological polar surface area (TPSA) is 70.7 Å². The van der Waals surface area contributed by atoms with Gasteiger partial charge in [0.05, 0.1) is 0 Å². The predicted molar refractivity (Wildman–Crippen MR) is 99.9 cm³/mol. The van der Waals surface area contributed by atoms with Crippen LogP contribution in [0.25, 0.3) is 0 Å². The van der Waals surface area contributed by atoms with Crippen molar-refractivity contribution in [3.05, 3.63) is 35.9 Å². The van der Waals surface area contributed by atoms with Gasteiger partial charge in [-0.25, -0.2) is 0 Å². The Balaban J connectivity index is 0.00000264. The van der Waals surface area contributed by atoms with E-state index >= 15 is 0 Å². The van der Waals surface area contributed by atoms with Gasteiger partial charge in [-0.1, -0.05) is 30.3 Å². The molecule has 1 aliphatic rings. The predicted octanol–water partition coefficient (Wildman–Crippen LogP) is 1.97. The van der Waals surface area contributed by atoms with Crippen LogP contribution in [0.2, 0.25) is 0 Å². The fourth-order valence-corrected chi connectivity index (χ4v) is 2.69. The second kappa shape index (κ2) is 10.3. The van der Waals surface area contributed by atoms with Crippen molar-refractivity contribution in [3.8, 4) is 0 Å². The Morgan fingerprint density at radius 2 is 1.96 bits per heavy atom. The zero-order valence-electron chi connectivity index (χ0n) is 13.7. The van der Waals surface area contributed by atoms with E-state index in [1.54, 1.807) is 6.92 Å². The van der Waals surface area contributed by atoms with Crippen molar-refractivity contribution < 1.29 is 4.79 Å². The lowest BCUT2D eigenvalue weighted by molar-refractivity contribution is -0.130. The summed E-state index contributed by atoms with van der Waals surface area (Å²) in [6.07, 6.45) is 2.97. The molecular formula is C17H27BrN4O. The minimum Gasteiger partial charge on any atom is -0.370 e. The van der Waals surface area contributed by atoms with E-state index in [-0.39, 0.29) is 22.9 Å². The van der Waals surface area contributed by atoms with Crippen molar-refractivity contribution in [2.24, 2.45) is 16.6 Å². The number of nitrogens with two attached hydrogens (primary N) is 1. The Labute approximate surface area is 149 Å². The van der Waals surface area contributed by atoms with Crippen LogP contribution in [-0.2, 0) is 11.2 Å². The molecule has 0 unspecified atom stereocenters. The molecule has 1 aromatic carbocycles. The van der Waals surface area contributed by atoms with Crippen LogP contribution in [0.5, 0.6) is 0 Å². The van der Waals surface area contributed by atoms with Crippen LogP contribution < -0.4 is 11.1 Å². The number of rotatable bonds is 5. The Bertz CT molecular complexity index is 499. The third kappa shape index (κ3) is 7.03. The number of guanidine groups is 1. The van der Waals surface area contributed by atoms with Gasteiger partial charge >= 0.3 is 0 Å². The first-order chi connectivity index (χ1) is 10.6. The van der Waals surface area contributed by atoms with Gasteiger partial charge in [0, 0.05) is 33.1 Å². The number of hydrogen-bond donors (Lipinski definition) is 2. The number of amides is 1. The van der Waals surface area contributed by atoms with Gasteiger partial charge in [-0.15, -0.1) is 17.0 Å². The normalized spacial score (nSPS) is 15.9. The average Bonchev–Trinajstić information content (AvgIpc) is 2.54. The maximum Gasteiger partial charge on any atom is 0.219 e. The molecular weight excluding hydrogens is 356 g/mol. The molecule has 0 spiro atoms. The summed E-state index contributed by atoms with van der Waals surface area (Å²) in [5, 5.41) is 3.16. The van der Waals surface area contributed by atoms with Gasteiger partial charge in [0.1, 0.15) is 0 Å². The minimum atomic E-state index is 0. The van der Waals surface area contributed by atoms with Crippen molar-refractivity contribution in [1.29, 1.82) is 0 Å². The van der Waals surface area contributed by atoms with Gasteiger partial charge in [0.25, 0.3) is 0 Å². The Kier molecular flexibility index (Phi) is 8.69. The van der Waals surface area contributed by atoms with Crippen molar-refractivity contribution >= 4 is 28.8 Å². The number of nitrogens with zero attached hydrogens (tertiary/aromatic N) is 2. The third-order valence-corrected chi connectivity index (χ3v) is 4.14. The van der Waals surface area contributed by atoms with E-state index in [9.17, 15) is 4.79 Å². The van der Waals surface area contributed by atoms with Crippen LogP contribution in [-0.4, -0.2) is 42.9 Å². The van der Waals surface area contributed by atoms with Gasteiger partial charge in [-0.2, -0.15) is 0 Å². The molecule has 128 valence electrons. The van der Waals surface area contributed by atoms with E-state index < -0.39 is 0 Å². The Morgan fingerprint density at radius 1 is 1.30 bits per heavy atom. The maximum absolute atomic E-state index is 11.3. The lowest BCUT2D eigenvalue weighted by atomic mass is 9.97.